The number of carbonyl (C=O) groups excluding carboxylic acids is 2. The Kier molecular flexibility index (Phi) is 5.35. The summed E-state index contributed by atoms with van der Waals surface area (Å²) in [7, 11) is 0. The zero-order valence-corrected chi connectivity index (χ0v) is 14.6. The molecular formula is C18H14BrNO5. The summed E-state index contributed by atoms with van der Waals surface area (Å²) in [6.07, 6.45) is 2.83. The van der Waals surface area contributed by atoms with E-state index in [1.165, 1.54) is 6.08 Å². The van der Waals surface area contributed by atoms with E-state index >= 15 is 0 Å². The molecule has 0 saturated carbocycles. The van der Waals surface area contributed by atoms with Crippen LogP contribution in [0.2, 0.25) is 0 Å². The van der Waals surface area contributed by atoms with Gasteiger partial charge in [0.05, 0.1) is 0 Å². The lowest BCUT2D eigenvalue weighted by atomic mass is 10.2. The molecule has 2 aromatic rings. The van der Waals surface area contributed by atoms with E-state index in [0.29, 0.717) is 17.2 Å². The van der Waals surface area contributed by atoms with Gasteiger partial charge in [0.15, 0.2) is 18.1 Å². The smallest absolute Gasteiger partial charge is 0.331 e. The van der Waals surface area contributed by atoms with Gasteiger partial charge in [-0.3, -0.25) is 4.79 Å². The van der Waals surface area contributed by atoms with E-state index in [1.807, 2.05) is 0 Å². The second-order valence-corrected chi connectivity index (χ2v) is 6.02. The van der Waals surface area contributed by atoms with Crippen molar-refractivity contribution < 1.29 is 23.8 Å². The van der Waals surface area contributed by atoms with E-state index in [0.717, 1.165) is 10.0 Å². The van der Waals surface area contributed by atoms with Crippen molar-refractivity contribution in [1.29, 1.82) is 0 Å². The van der Waals surface area contributed by atoms with Gasteiger partial charge in [-0.15, -0.1) is 0 Å². The molecule has 2 aromatic carbocycles. The quantitative estimate of drug-likeness (QED) is 0.611. The lowest BCUT2D eigenvalue weighted by Gasteiger charge is -2.05. The maximum absolute atomic E-state index is 11.7. The molecule has 0 aromatic heterocycles. The number of hydrogen-bond donors (Lipinski definition) is 1. The number of amides is 1. The minimum Gasteiger partial charge on any atom is -0.454 e. The maximum atomic E-state index is 11.7. The van der Waals surface area contributed by atoms with Gasteiger partial charge in [0, 0.05) is 16.2 Å². The fraction of sp³-hybridized carbons (Fsp3) is 0.111. The largest absolute Gasteiger partial charge is 0.454 e. The van der Waals surface area contributed by atoms with Crippen LogP contribution in [0.3, 0.4) is 0 Å². The van der Waals surface area contributed by atoms with Gasteiger partial charge in [-0.25, -0.2) is 4.79 Å². The molecular weight excluding hydrogens is 390 g/mol. The highest BCUT2D eigenvalue weighted by Crippen LogP contribution is 2.32. The van der Waals surface area contributed by atoms with E-state index in [4.69, 9.17) is 14.2 Å². The minimum atomic E-state index is -0.608. The Morgan fingerprint density at radius 2 is 1.88 bits per heavy atom. The van der Waals surface area contributed by atoms with Crippen LogP contribution in [-0.4, -0.2) is 25.3 Å². The van der Waals surface area contributed by atoms with Crippen LogP contribution >= 0.6 is 15.9 Å². The Balaban J connectivity index is 1.47. The van der Waals surface area contributed by atoms with Crippen LogP contribution in [0.25, 0.3) is 6.08 Å². The van der Waals surface area contributed by atoms with E-state index < -0.39 is 11.9 Å². The summed E-state index contributed by atoms with van der Waals surface area (Å²) in [4.78, 5) is 23.4. The van der Waals surface area contributed by atoms with Gasteiger partial charge < -0.3 is 19.5 Å². The van der Waals surface area contributed by atoms with Crippen LogP contribution in [0.1, 0.15) is 5.56 Å². The van der Waals surface area contributed by atoms with Crippen LogP contribution in [0, 0.1) is 0 Å². The van der Waals surface area contributed by atoms with Crippen molar-refractivity contribution in [3.63, 3.8) is 0 Å². The van der Waals surface area contributed by atoms with E-state index in [9.17, 15) is 9.59 Å². The topological polar surface area (TPSA) is 73.9 Å². The van der Waals surface area contributed by atoms with Gasteiger partial charge in [-0.1, -0.05) is 22.0 Å². The van der Waals surface area contributed by atoms with Gasteiger partial charge >= 0.3 is 5.97 Å². The third kappa shape index (κ3) is 4.84. The molecule has 0 unspecified atom stereocenters. The fourth-order valence-electron chi connectivity index (χ4n) is 2.10. The highest BCUT2D eigenvalue weighted by Gasteiger charge is 2.12. The van der Waals surface area contributed by atoms with Gasteiger partial charge in [0.25, 0.3) is 5.91 Å². The molecule has 128 valence electrons. The van der Waals surface area contributed by atoms with Gasteiger partial charge in [0.2, 0.25) is 6.79 Å². The van der Waals surface area contributed by atoms with Crippen LogP contribution in [0.5, 0.6) is 11.5 Å². The third-order valence-electron chi connectivity index (χ3n) is 3.28. The molecule has 0 fully saturated rings. The predicted octanol–water partition coefficient (Wildman–Crippen LogP) is 3.37. The summed E-state index contributed by atoms with van der Waals surface area (Å²) in [5, 5.41) is 2.64. The van der Waals surface area contributed by atoms with Crippen LogP contribution in [0.15, 0.2) is 53.0 Å². The summed E-state index contributed by atoms with van der Waals surface area (Å²) < 4.78 is 16.3. The molecule has 0 bridgehead atoms. The average Bonchev–Trinajstić information content (AvgIpc) is 3.08. The molecule has 6 nitrogen and oxygen atoms in total. The molecule has 1 aliphatic rings. The molecule has 0 radical (unpaired) electrons. The highest BCUT2D eigenvalue weighted by atomic mass is 79.9. The number of anilines is 1. The predicted molar refractivity (Wildman–Crippen MR) is 95.3 cm³/mol. The number of rotatable bonds is 5. The second kappa shape index (κ2) is 7.85. The summed E-state index contributed by atoms with van der Waals surface area (Å²) in [6.45, 7) is -0.168. The SMILES string of the molecule is O=C(COC(=O)/C=C/c1ccc2c(c1)OCO2)Nc1ccc(Br)cc1. The Hall–Kier alpha value is -2.80. The van der Waals surface area contributed by atoms with Crippen molar-refractivity contribution in [2.75, 3.05) is 18.7 Å². The first-order valence-corrected chi connectivity index (χ1v) is 8.19. The number of nitrogens with one attached hydrogen (secondary N) is 1. The molecule has 1 amide bonds. The number of ether oxygens (including phenoxy) is 3. The Bertz CT molecular complexity index is 817. The summed E-state index contributed by atoms with van der Waals surface area (Å²) >= 11 is 3.31. The number of hydrogen-bond acceptors (Lipinski definition) is 5. The second-order valence-electron chi connectivity index (χ2n) is 5.11. The molecule has 7 heteroatoms. The molecule has 1 N–H and O–H groups in total. The monoisotopic (exact) mass is 403 g/mol. The van der Waals surface area contributed by atoms with Crippen LogP contribution in [-0.2, 0) is 14.3 Å². The summed E-state index contributed by atoms with van der Waals surface area (Å²) in [5.74, 6) is 0.282. The van der Waals surface area contributed by atoms with Crippen molar-refractivity contribution in [3.8, 4) is 11.5 Å². The molecule has 0 saturated heterocycles. The van der Waals surface area contributed by atoms with Gasteiger partial charge in [-0.2, -0.15) is 0 Å². The van der Waals surface area contributed by atoms with Crippen molar-refractivity contribution in [2.45, 2.75) is 0 Å². The zero-order chi connectivity index (χ0) is 17.6. The number of halogens is 1. The van der Waals surface area contributed by atoms with Crippen LogP contribution < -0.4 is 14.8 Å². The Morgan fingerprint density at radius 3 is 2.68 bits per heavy atom. The standard InChI is InChI=1S/C18H14BrNO5/c19-13-3-5-14(6-4-13)20-17(21)10-23-18(22)8-2-12-1-7-15-16(9-12)25-11-24-15/h1-9H,10-11H2,(H,20,21)/b8-2+. The first kappa shape index (κ1) is 17.0. The zero-order valence-electron chi connectivity index (χ0n) is 13.0. The minimum absolute atomic E-state index is 0.192. The molecule has 0 atom stereocenters. The maximum Gasteiger partial charge on any atom is 0.331 e. The van der Waals surface area contributed by atoms with Crippen LogP contribution in [0.4, 0.5) is 5.69 Å². The molecule has 0 aliphatic carbocycles. The van der Waals surface area contributed by atoms with Gasteiger partial charge in [0.1, 0.15) is 0 Å². The third-order valence-corrected chi connectivity index (χ3v) is 3.81. The van der Waals surface area contributed by atoms with Crippen molar-refractivity contribution in [2.24, 2.45) is 0 Å². The van der Waals surface area contributed by atoms with E-state index in [1.54, 1.807) is 48.5 Å². The molecule has 1 aliphatic heterocycles. The van der Waals surface area contributed by atoms with Crippen molar-refractivity contribution in [3.05, 3.63) is 58.6 Å². The number of esters is 1. The lowest BCUT2D eigenvalue weighted by molar-refractivity contribution is -0.142. The first-order valence-electron chi connectivity index (χ1n) is 7.40. The van der Waals surface area contributed by atoms with E-state index in [2.05, 4.69) is 21.2 Å². The molecule has 1 heterocycles. The number of carbonyl (C=O) groups is 2. The molecule has 0 spiro atoms. The first-order chi connectivity index (χ1) is 12.1. The normalized spacial score (nSPS) is 12.2. The average molecular weight is 404 g/mol. The fourth-order valence-corrected chi connectivity index (χ4v) is 2.36. The number of benzene rings is 2. The summed E-state index contributed by atoms with van der Waals surface area (Å²) in [5.41, 5.74) is 1.39. The Morgan fingerprint density at radius 1 is 1.12 bits per heavy atom. The summed E-state index contributed by atoms with van der Waals surface area (Å²) in [6, 6.07) is 12.4. The van der Waals surface area contributed by atoms with Crippen molar-refractivity contribution in [1.82, 2.24) is 0 Å². The van der Waals surface area contributed by atoms with E-state index in [-0.39, 0.29) is 13.4 Å². The number of fused-ring (bicyclic) bond motifs is 1. The van der Waals surface area contributed by atoms with Gasteiger partial charge in [-0.05, 0) is 48.0 Å². The van der Waals surface area contributed by atoms with Crippen molar-refractivity contribution >= 4 is 39.6 Å². The molecule has 25 heavy (non-hydrogen) atoms. The molecule has 3 rings (SSSR count). The Labute approximate surface area is 152 Å². The highest BCUT2D eigenvalue weighted by molar-refractivity contribution is 9.10. The lowest BCUT2D eigenvalue weighted by Crippen LogP contribution is -2.20.